The SMILES string of the molecule is C=NC(=NC(=NCc1ccc2ccccc2c1)c1ccc(-c2cccc(-c3ccccc3)c2)c2c1Cc1c-2ccc2ccccc12)c1ccc2ccccc2c1. The zero-order chi connectivity index (χ0) is 37.4. The van der Waals surface area contributed by atoms with Crippen molar-refractivity contribution in [3.8, 4) is 33.4 Å². The Morgan fingerprint density at radius 3 is 1.91 bits per heavy atom. The maximum absolute atomic E-state index is 5.35. The van der Waals surface area contributed by atoms with Crippen molar-refractivity contribution in [3.63, 3.8) is 0 Å². The molecule has 1 aliphatic carbocycles. The maximum atomic E-state index is 5.35. The van der Waals surface area contributed by atoms with Crippen LogP contribution in [-0.2, 0) is 13.0 Å². The Bertz CT molecular complexity index is 3040. The van der Waals surface area contributed by atoms with Crippen molar-refractivity contribution in [1.82, 2.24) is 0 Å². The van der Waals surface area contributed by atoms with Crippen molar-refractivity contribution in [2.75, 3.05) is 0 Å². The van der Waals surface area contributed by atoms with Gasteiger partial charge in [-0.1, -0.05) is 170 Å². The largest absolute Gasteiger partial charge is 0.261 e. The number of nitrogens with zero attached hydrogens (tertiary/aromatic N) is 3. The summed E-state index contributed by atoms with van der Waals surface area (Å²) in [7, 11) is 0. The molecule has 10 rings (SSSR count). The van der Waals surface area contributed by atoms with E-state index in [2.05, 4.69) is 200 Å². The van der Waals surface area contributed by atoms with Crippen molar-refractivity contribution in [2.24, 2.45) is 15.0 Å². The maximum Gasteiger partial charge on any atom is 0.161 e. The molecule has 0 radical (unpaired) electrons. The van der Waals surface area contributed by atoms with E-state index in [1.165, 1.54) is 71.4 Å². The summed E-state index contributed by atoms with van der Waals surface area (Å²) in [5.41, 5.74) is 12.8. The molecule has 0 aromatic heterocycles. The average molecular weight is 716 g/mol. The fraction of sp³-hybridized carbons (Fsp3) is 0.0377. The van der Waals surface area contributed by atoms with E-state index in [1.807, 2.05) is 0 Å². The quantitative estimate of drug-likeness (QED) is 0.121. The molecule has 0 aliphatic heterocycles. The first kappa shape index (κ1) is 33.3. The third-order valence-corrected chi connectivity index (χ3v) is 11.1. The lowest BCUT2D eigenvalue weighted by molar-refractivity contribution is 1.06. The lowest BCUT2D eigenvalue weighted by Crippen LogP contribution is -2.08. The smallest absolute Gasteiger partial charge is 0.161 e. The molecule has 0 N–H and O–H groups in total. The lowest BCUT2D eigenvalue weighted by Gasteiger charge is -2.16. The second-order valence-corrected chi connectivity index (χ2v) is 14.4. The van der Waals surface area contributed by atoms with Gasteiger partial charge >= 0.3 is 0 Å². The molecule has 264 valence electrons. The fourth-order valence-electron chi connectivity index (χ4n) is 8.33. The van der Waals surface area contributed by atoms with E-state index in [4.69, 9.17) is 9.98 Å². The summed E-state index contributed by atoms with van der Waals surface area (Å²) in [5.74, 6) is 1.19. The lowest BCUT2D eigenvalue weighted by atomic mass is 9.89. The van der Waals surface area contributed by atoms with Gasteiger partial charge in [-0.15, -0.1) is 0 Å². The molecule has 0 unspecified atom stereocenters. The van der Waals surface area contributed by atoms with Crippen molar-refractivity contribution >= 4 is 50.7 Å². The van der Waals surface area contributed by atoms with Crippen LogP contribution in [0.3, 0.4) is 0 Å². The highest BCUT2D eigenvalue weighted by Crippen LogP contribution is 2.47. The van der Waals surface area contributed by atoms with Gasteiger partial charge in [-0.2, -0.15) is 0 Å². The van der Waals surface area contributed by atoms with Crippen LogP contribution in [0.1, 0.15) is 27.8 Å². The Morgan fingerprint density at radius 2 is 1.11 bits per heavy atom. The van der Waals surface area contributed by atoms with Crippen LogP contribution in [0, 0.1) is 0 Å². The van der Waals surface area contributed by atoms with E-state index in [9.17, 15) is 0 Å². The Balaban J connectivity index is 1.18. The summed E-state index contributed by atoms with van der Waals surface area (Å²) in [4.78, 5) is 15.2. The highest BCUT2D eigenvalue weighted by Gasteiger charge is 2.28. The van der Waals surface area contributed by atoms with Gasteiger partial charge in [0.2, 0.25) is 0 Å². The van der Waals surface area contributed by atoms with Gasteiger partial charge in [0.15, 0.2) is 11.7 Å². The second kappa shape index (κ2) is 14.2. The molecule has 0 saturated heterocycles. The molecular formula is C53H37N3. The van der Waals surface area contributed by atoms with Crippen molar-refractivity contribution in [3.05, 3.63) is 216 Å². The summed E-state index contributed by atoms with van der Waals surface area (Å²) in [6, 6.07) is 67.0. The number of fused-ring (bicyclic) bond motifs is 7. The molecule has 9 aromatic carbocycles. The highest BCUT2D eigenvalue weighted by atomic mass is 15.0. The third kappa shape index (κ3) is 6.10. The highest BCUT2D eigenvalue weighted by molar-refractivity contribution is 6.15. The number of hydrogen-bond donors (Lipinski definition) is 0. The van der Waals surface area contributed by atoms with Crippen LogP contribution in [-0.4, -0.2) is 18.4 Å². The summed E-state index contributed by atoms with van der Waals surface area (Å²) in [5, 5.41) is 7.22. The van der Waals surface area contributed by atoms with Gasteiger partial charge in [0.1, 0.15) is 0 Å². The Labute approximate surface area is 326 Å². The molecule has 9 aromatic rings. The van der Waals surface area contributed by atoms with Crippen LogP contribution in [0.4, 0.5) is 0 Å². The van der Waals surface area contributed by atoms with Crippen molar-refractivity contribution in [1.29, 1.82) is 0 Å². The van der Waals surface area contributed by atoms with Gasteiger partial charge in [0.25, 0.3) is 0 Å². The van der Waals surface area contributed by atoms with E-state index >= 15 is 0 Å². The minimum Gasteiger partial charge on any atom is -0.261 e. The fourth-order valence-corrected chi connectivity index (χ4v) is 8.33. The average Bonchev–Trinajstić information content (AvgIpc) is 3.67. The molecule has 3 heteroatoms. The molecule has 0 fully saturated rings. The van der Waals surface area contributed by atoms with Crippen LogP contribution in [0.15, 0.2) is 203 Å². The van der Waals surface area contributed by atoms with E-state index < -0.39 is 0 Å². The van der Waals surface area contributed by atoms with Crippen molar-refractivity contribution in [2.45, 2.75) is 13.0 Å². The number of rotatable bonds is 6. The van der Waals surface area contributed by atoms with Gasteiger partial charge in [-0.25, -0.2) is 9.98 Å². The summed E-state index contributed by atoms with van der Waals surface area (Å²) in [6.45, 7) is 4.48. The molecular weight excluding hydrogens is 679 g/mol. The number of aliphatic imine (C=N–C) groups is 3. The minimum absolute atomic E-state index is 0.470. The summed E-state index contributed by atoms with van der Waals surface area (Å²) >= 11 is 0. The normalized spacial score (nSPS) is 12.6. The molecule has 56 heavy (non-hydrogen) atoms. The summed E-state index contributed by atoms with van der Waals surface area (Å²) in [6.07, 6.45) is 0.769. The molecule has 0 saturated carbocycles. The first-order chi connectivity index (χ1) is 27.7. The number of benzene rings is 9. The predicted octanol–water partition coefficient (Wildman–Crippen LogP) is 13.1. The molecule has 0 spiro atoms. The third-order valence-electron chi connectivity index (χ3n) is 11.1. The molecule has 3 nitrogen and oxygen atoms in total. The summed E-state index contributed by atoms with van der Waals surface area (Å²) < 4.78 is 0. The zero-order valence-electron chi connectivity index (χ0n) is 30.9. The van der Waals surface area contributed by atoms with Crippen LogP contribution in [0.5, 0.6) is 0 Å². The van der Waals surface area contributed by atoms with Crippen molar-refractivity contribution < 1.29 is 0 Å². The number of hydrogen-bond acceptors (Lipinski definition) is 1. The predicted molar refractivity (Wildman–Crippen MR) is 237 cm³/mol. The molecule has 0 heterocycles. The van der Waals surface area contributed by atoms with Gasteiger partial charge in [0, 0.05) is 17.5 Å². The second-order valence-electron chi connectivity index (χ2n) is 14.4. The van der Waals surface area contributed by atoms with E-state index in [-0.39, 0.29) is 0 Å². The topological polar surface area (TPSA) is 37.1 Å². The van der Waals surface area contributed by atoms with E-state index in [0.29, 0.717) is 18.2 Å². The minimum atomic E-state index is 0.470. The Morgan fingerprint density at radius 1 is 0.464 bits per heavy atom. The number of amidine groups is 2. The molecule has 0 bridgehead atoms. The van der Waals surface area contributed by atoms with Gasteiger partial charge in [-0.3, -0.25) is 4.99 Å². The first-order valence-corrected chi connectivity index (χ1v) is 19.1. The van der Waals surface area contributed by atoms with Crippen LogP contribution in [0.25, 0.3) is 65.7 Å². The zero-order valence-corrected chi connectivity index (χ0v) is 30.9. The van der Waals surface area contributed by atoms with Gasteiger partial charge in [-0.05, 0) is 107 Å². The van der Waals surface area contributed by atoms with Crippen LogP contribution in [0.2, 0.25) is 0 Å². The first-order valence-electron chi connectivity index (χ1n) is 19.1. The standard InChI is InChI=1S/C53H37N3/c1-54-52(44-25-24-38-15-6-8-18-41(38)32-44)56-53(55-34-35-22-23-37-14-5-7-17-40(37)30-35)48-29-28-46(43-20-11-19-42(31-43)36-12-3-2-4-13-36)51-47-27-26-39-16-9-10-21-45(39)49(47)33-50(48)51/h2-32H,1,33-34H2. The monoisotopic (exact) mass is 715 g/mol. The van der Waals surface area contributed by atoms with Gasteiger partial charge < -0.3 is 0 Å². The van der Waals surface area contributed by atoms with Crippen LogP contribution >= 0.6 is 0 Å². The van der Waals surface area contributed by atoms with Crippen LogP contribution < -0.4 is 0 Å². The van der Waals surface area contributed by atoms with Gasteiger partial charge in [0.05, 0.1) is 6.54 Å². The van der Waals surface area contributed by atoms with E-state index in [0.717, 1.165) is 28.5 Å². The molecule has 0 amide bonds. The molecule has 1 aliphatic rings. The van der Waals surface area contributed by atoms with E-state index in [1.54, 1.807) is 0 Å². The Hall–Kier alpha value is -7.23. The molecule has 0 atom stereocenters. The Kier molecular flexibility index (Phi) is 8.46.